The van der Waals surface area contributed by atoms with Crippen molar-refractivity contribution < 1.29 is 9.47 Å². The first-order valence-electron chi connectivity index (χ1n) is 7.06. The van der Waals surface area contributed by atoms with Crippen LogP contribution in [-0.4, -0.2) is 26.7 Å². The van der Waals surface area contributed by atoms with Gasteiger partial charge in [0.2, 0.25) is 0 Å². The zero-order chi connectivity index (χ0) is 15.8. The highest BCUT2D eigenvalue weighted by molar-refractivity contribution is 14.0. The summed E-state index contributed by atoms with van der Waals surface area (Å²) in [6.45, 7) is 0.611. The van der Waals surface area contributed by atoms with Crippen LogP contribution in [0.4, 0.5) is 5.69 Å². The van der Waals surface area contributed by atoms with Crippen molar-refractivity contribution in [3.8, 4) is 11.5 Å². The molecule has 0 fully saturated rings. The van der Waals surface area contributed by atoms with E-state index in [4.69, 9.17) is 15.2 Å². The van der Waals surface area contributed by atoms with E-state index in [-0.39, 0.29) is 24.0 Å². The smallest absolute Gasteiger partial charge is 0.193 e. The minimum atomic E-state index is 0. The Morgan fingerprint density at radius 2 is 1.74 bits per heavy atom. The Bertz CT molecular complexity index is 630. The van der Waals surface area contributed by atoms with Crippen molar-refractivity contribution in [2.45, 2.75) is 6.42 Å². The lowest BCUT2D eigenvalue weighted by atomic mass is 10.1. The van der Waals surface area contributed by atoms with Gasteiger partial charge in [-0.15, -0.1) is 24.0 Å². The Kier molecular flexibility index (Phi) is 8.25. The summed E-state index contributed by atoms with van der Waals surface area (Å²) >= 11 is 0. The molecule has 0 aliphatic carbocycles. The van der Waals surface area contributed by atoms with Crippen molar-refractivity contribution in [3.05, 3.63) is 54.1 Å². The molecule has 2 aromatic carbocycles. The molecule has 5 nitrogen and oxygen atoms in total. The summed E-state index contributed by atoms with van der Waals surface area (Å²) in [6, 6.07) is 15.5. The number of anilines is 1. The summed E-state index contributed by atoms with van der Waals surface area (Å²) < 4.78 is 10.4. The first-order chi connectivity index (χ1) is 10.7. The number of nitrogens with two attached hydrogens (primary N) is 1. The number of nitrogens with one attached hydrogen (secondary N) is 1. The van der Waals surface area contributed by atoms with Gasteiger partial charge < -0.3 is 20.5 Å². The van der Waals surface area contributed by atoms with Gasteiger partial charge in [0.15, 0.2) is 5.96 Å². The first-order valence-corrected chi connectivity index (χ1v) is 7.06. The maximum absolute atomic E-state index is 5.90. The van der Waals surface area contributed by atoms with Gasteiger partial charge in [-0.1, -0.05) is 24.3 Å². The number of nitrogens with zero attached hydrogens (tertiary/aromatic N) is 1. The number of methoxy groups -OCH3 is 2. The van der Waals surface area contributed by atoms with Gasteiger partial charge in [-0.3, -0.25) is 4.99 Å². The molecule has 0 amide bonds. The maximum Gasteiger partial charge on any atom is 0.193 e. The number of aliphatic imine (C=N–C) groups is 1. The fourth-order valence-electron chi connectivity index (χ4n) is 2.02. The van der Waals surface area contributed by atoms with Crippen molar-refractivity contribution in [3.63, 3.8) is 0 Å². The summed E-state index contributed by atoms with van der Waals surface area (Å²) in [5, 5.41) is 3.05. The third-order valence-electron chi connectivity index (χ3n) is 3.21. The lowest BCUT2D eigenvalue weighted by Gasteiger charge is -2.10. The van der Waals surface area contributed by atoms with E-state index < -0.39 is 0 Å². The molecule has 124 valence electrons. The molecule has 6 heteroatoms. The van der Waals surface area contributed by atoms with Crippen molar-refractivity contribution in [1.29, 1.82) is 0 Å². The summed E-state index contributed by atoms with van der Waals surface area (Å²) in [5.74, 6) is 1.96. The number of benzene rings is 2. The van der Waals surface area contributed by atoms with Crippen LogP contribution < -0.4 is 20.5 Å². The van der Waals surface area contributed by atoms with E-state index in [0.717, 1.165) is 23.6 Å². The molecule has 3 N–H and O–H groups in total. The maximum atomic E-state index is 5.90. The van der Waals surface area contributed by atoms with Crippen LogP contribution in [0.25, 0.3) is 0 Å². The second-order valence-corrected chi connectivity index (χ2v) is 4.69. The van der Waals surface area contributed by atoms with Crippen LogP contribution in [0.2, 0.25) is 0 Å². The Morgan fingerprint density at radius 3 is 2.39 bits per heavy atom. The number of ether oxygens (including phenoxy) is 2. The molecule has 0 unspecified atom stereocenters. The fourth-order valence-corrected chi connectivity index (χ4v) is 2.02. The highest BCUT2D eigenvalue weighted by atomic mass is 127. The van der Waals surface area contributed by atoms with Crippen LogP contribution in [0, 0.1) is 0 Å². The second-order valence-electron chi connectivity index (χ2n) is 4.69. The molecule has 0 aliphatic heterocycles. The van der Waals surface area contributed by atoms with Gasteiger partial charge in [-0.25, -0.2) is 0 Å². The largest absolute Gasteiger partial charge is 0.497 e. The number of halogens is 1. The molecule has 0 heterocycles. The molecule has 2 aromatic rings. The first kappa shape index (κ1) is 19.1. The zero-order valence-corrected chi connectivity index (χ0v) is 15.6. The molecule has 0 atom stereocenters. The molecule has 0 spiro atoms. The molecule has 0 aromatic heterocycles. The quantitative estimate of drug-likeness (QED) is 0.422. The molecule has 2 rings (SSSR count). The average Bonchev–Trinajstić information content (AvgIpc) is 2.56. The monoisotopic (exact) mass is 427 g/mol. The number of para-hydroxylation sites is 2. The lowest BCUT2D eigenvalue weighted by molar-refractivity contribution is 0.414. The molecule has 0 aliphatic rings. The Labute approximate surface area is 153 Å². The van der Waals surface area contributed by atoms with Gasteiger partial charge in [-0.05, 0) is 36.2 Å². The van der Waals surface area contributed by atoms with Crippen molar-refractivity contribution in [2.75, 3.05) is 26.1 Å². The second kappa shape index (κ2) is 9.94. The van der Waals surface area contributed by atoms with E-state index in [0.29, 0.717) is 12.5 Å². The molecular weight excluding hydrogens is 405 g/mol. The number of guanidine groups is 1. The minimum absolute atomic E-state index is 0. The van der Waals surface area contributed by atoms with E-state index in [2.05, 4.69) is 10.3 Å². The summed E-state index contributed by atoms with van der Waals surface area (Å²) in [7, 11) is 3.28. The van der Waals surface area contributed by atoms with Gasteiger partial charge in [0.1, 0.15) is 11.5 Å². The zero-order valence-electron chi connectivity index (χ0n) is 13.3. The summed E-state index contributed by atoms with van der Waals surface area (Å²) in [4.78, 5) is 4.33. The topological polar surface area (TPSA) is 68.9 Å². The molecule has 0 saturated heterocycles. The van der Waals surface area contributed by atoms with Crippen LogP contribution in [0.15, 0.2) is 53.5 Å². The van der Waals surface area contributed by atoms with Crippen molar-refractivity contribution in [2.24, 2.45) is 10.7 Å². The number of hydrogen-bond acceptors (Lipinski definition) is 3. The number of hydrogen-bond donors (Lipinski definition) is 2. The summed E-state index contributed by atoms with van der Waals surface area (Å²) in [6.07, 6.45) is 0.818. The third-order valence-corrected chi connectivity index (χ3v) is 3.21. The highest BCUT2D eigenvalue weighted by Gasteiger charge is 2.02. The lowest BCUT2D eigenvalue weighted by Crippen LogP contribution is -2.23. The predicted octanol–water partition coefficient (Wildman–Crippen LogP) is 3.29. The molecule has 0 bridgehead atoms. The SMILES string of the molecule is COc1ccc(CCN=C(N)Nc2ccccc2OC)cc1.I. The normalized spacial score (nSPS) is 10.6. The predicted molar refractivity (Wildman–Crippen MR) is 105 cm³/mol. The number of rotatable bonds is 6. The van der Waals surface area contributed by atoms with Gasteiger partial charge in [0, 0.05) is 6.54 Å². The van der Waals surface area contributed by atoms with E-state index >= 15 is 0 Å². The van der Waals surface area contributed by atoms with Gasteiger partial charge in [0.05, 0.1) is 19.9 Å². The van der Waals surface area contributed by atoms with Gasteiger partial charge >= 0.3 is 0 Å². The van der Waals surface area contributed by atoms with E-state index in [1.165, 1.54) is 5.56 Å². The molecule has 0 radical (unpaired) electrons. The van der Waals surface area contributed by atoms with Crippen LogP contribution in [0.1, 0.15) is 5.56 Å². The molecular formula is C17H22IN3O2. The van der Waals surface area contributed by atoms with E-state index in [9.17, 15) is 0 Å². The highest BCUT2D eigenvalue weighted by Crippen LogP contribution is 2.22. The Morgan fingerprint density at radius 1 is 1.04 bits per heavy atom. The van der Waals surface area contributed by atoms with Crippen molar-refractivity contribution >= 4 is 35.6 Å². The van der Waals surface area contributed by atoms with Crippen LogP contribution in [0.3, 0.4) is 0 Å². The average molecular weight is 427 g/mol. The third kappa shape index (κ3) is 5.97. The van der Waals surface area contributed by atoms with Gasteiger partial charge in [-0.2, -0.15) is 0 Å². The Balaban J connectivity index is 0.00000264. The standard InChI is InChI=1S/C17H21N3O2.HI/c1-21-14-9-7-13(8-10-14)11-12-19-17(18)20-15-5-3-4-6-16(15)22-2;/h3-10H,11-12H2,1-2H3,(H3,18,19,20);1H. The molecule has 23 heavy (non-hydrogen) atoms. The van der Waals surface area contributed by atoms with Gasteiger partial charge in [0.25, 0.3) is 0 Å². The summed E-state index contributed by atoms with van der Waals surface area (Å²) in [5.41, 5.74) is 7.89. The minimum Gasteiger partial charge on any atom is -0.497 e. The van der Waals surface area contributed by atoms with Crippen LogP contribution in [0.5, 0.6) is 11.5 Å². The van der Waals surface area contributed by atoms with E-state index in [1.807, 2.05) is 48.5 Å². The fraction of sp³-hybridized carbons (Fsp3) is 0.235. The van der Waals surface area contributed by atoms with Crippen LogP contribution >= 0.6 is 24.0 Å². The van der Waals surface area contributed by atoms with Crippen molar-refractivity contribution in [1.82, 2.24) is 0 Å². The van der Waals surface area contributed by atoms with E-state index in [1.54, 1.807) is 14.2 Å². The Hall–Kier alpha value is -1.96. The van der Waals surface area contributed by atoms with Crippen LogP contribution in [-0.2, 0) is 6.42 Å². The molecule has 0 saturated carbocycles.